The zero-order chi connectivity index (χ0) is 27.2. The van der Waals surface area contributed by atoms with Crippen molar-refractivity contribution in [2.75, 3.05) is 6.54 Å². The van der Waals surface area contributed by atoms with Crippen LogP contribution >= 0.6 is 0 Å². The Labute approximate surface area is 222 Å². The predicted molar refractivity (Wildman–Crippen MR) is 143 cm³/mol. The van der Waals surface area contributed by atoms with Gasteiger partial charge in [0.2, 0.25) is 5.91 Å². The average molecular weight is 521 g/mol. The van der Waals surface area contributed by atoms with Gasteiger partial charge < -0.3 is 15.0 Å². The molecule has 1 aliphatic heterocycles. The third kappa shape index (κ3) is 6.57. The number of amides is 2. The smallest absolute Gasteiger partial charge is 0.261 e. The van der Waals surface area contributed by atoms with Crippen molar-refractivity contribution in [3.63, 3.8) is 0 Å². The van der Waals surface area contributed by atoms with Crippen molar-refractivity contribution in [3.8, 4) is 5.75 Å². The first kappa shape index (κ1) is 27.3. The van der Waals surface area contributed by atoms with Gasteiger partial charge in [-0.25, -0.2) is 8.78 Å². The number of hydrogen-bond donors (Lipinski definition) is 1. The fourth-order valence-electron chi connectivity index (χ4n) is 4.83. The maximum absolute atomic E-state index is 14.2. The molecule has 5 nitrogen and oxygen atoms in total. The maximum Gasteiger partial charge on any atom is 0.261 e. The number of nitrogens with zero attached hydrogens (tertiary/aromatic N) is 1. The fourth-order valence-corrected chi connectivity index (χ4v) is 4.83. The van der Waals surface area contributed by atoms with Gasteiger partial charge in [-0.1, -0.05) is 51.1 Å². The van der Waals surface area contributed by atoms with E-state index in [1.165, 1.54) is 24.3 Å². The molecule has 2 amide bonds. The third-order valence-electron chi connectivity index (χ3n) is 6.73. The molecule has 7 heteroatoms. The van der Waals surface area contributed by atoms with Crippen LogP contribution in [0.25, 0.3) is 0 Å². The van der Waals surface area contributed by atoms with E-state index in [0.29, 0.717) is 37.1 Å². The highest BCUT2D eigenvalue weighted by atomic mass is 19.1. The first-order valence-corrected chi connectivity index (χ1v) is 13.1. The van der Waals surface area contributed by atoms with Gasteiger partial charge in [0.05, 0.1) is 6.04 Å². The Hall–Kier alpha value is -3.74. The second kappa shape index (κ2) is 12.2. The molecule has 38 heavy (non-hydrogen) atoms. The van der Waals surface area contributed by atoms with Crippen LogP contribution in [0.2, 0.25) is 0 Å². The molecule has 3 aromatic carbocycles. The molecule has 0 radical (unpaired) electrons. The van der Waals surface area contributed by atoms with Crippen molar-refractivity contribution in [1.29, 1.82) is 0 Å². The van der Waals surface area contributed by atoms with Crippen LogP contribution in [0.4, 0.5) is 8.78 Å². The molecule has 4 rings (SSSR count). The van der Waals surface area contributed by atoms with Crippen LogP contribution in [0.15, 0.2) is 66.7 Å². The highest BCUT2D eigenvalue weighted by Gasteiger charge is 2.33. The van der Waals surface area contributed by atoms with Gasteiger partial charge in [-0.2, -0.15) is 0 Å². The molecule has 0 fully saturated rings. The standard InChI is InChI=1S/C31H34F2N2O3/c1-4-28(31(37)34-19-21-8-11-24(32)12-9-21)38-26-13-10-22-14-15-35(29(36)16-20(2)3)30(27(22)18-26)23-6-5-7-25(33)17-23/h5-13,17-18,20,28,30H,4,14-16,19H2,1-3H3,(H,34,37)/t28-,30+/m0/s1. The number of rotatable bonds is 9. The zero-order valence-electron chi connectivity index (χ0n) is 22.0. The molecule has 1 heterocycles. The van der Waals surface area contributed by atoms with Crippen LogP contribution in [0.5, 0.6) is 5.75 Å². The van der Waals surface area contributed by atoms with Crippen molar-refractivity contribution < 1.29 is 23.1 Å². The minimum absolute atomic E-state index is 0.0258. The Morgan fingerprint density at radius 2 is 1.79 bits per heavy atom. The lowest BCUT2D eigenvalue weighted by atomic mass is 9.87. The molecule has 0 spiro atoms. The highest BCUT2D eigenvalue weighted by molar-refractivity contribution is 5.81. The van der Waals surface area contributed by atoms with E-state index in [1.807, 2.05) is 49.9 Å². The number of hydrogen-bond acceptors (Lipinski definition) is 3. The van der Waals surface area contributed by atoms with Gasteiger partial charge in [0, 0.05) is 19.5 Å². The lowest BCUT2D eigenvalue weighted by Crippen LogP contribution is -2.41. The van der Waals surface area contributed by atoms with E-state index in [9.17, 15) is 18.4 Å². The Bertz CT molecular complexity index is 1280. The van der Waals surface area contributed by atoms with E-state index >= 15 is 0 Å². The number of carbonyl (C=O) groups is 2. The molecule has 0 aliphatic carbocycles. The number of benzene rings is 3. The minimum Gasteiger partial charge on any atom is -0.481 e. The molecule has 0 unspecified atom stereocenters. The van der Waals surface area contributed by atoms with Crippen LogP contribution in [-0.2, 0) is 22.6 Å². The van der Waals surface area contributed by atoms with Crippen molar-refractivity contribution >= 4 is 11.8 Å². The summed E-state index contributed by atoms with van der Waals surface area (Å²) in [6.45, 7) is 6.68. The van der Waals surface area contributed by atoms with Crippen LogP contribution in [-0.4, -0.2) is 29.4 Å². The monoisotopic (exact) mass is 520 g/mol. The molecular weight excluding hydrogens is 486 g/mol. The lowest BCUT2D eigenvalue weighted by Gasteiger charge is -2.38. The van der Waals surface area contributed by atoms with E-state index in [-0.39, 0.29) is 35.9 Å². The van der Waals surface area contributed by atoms with Gasteiger partial charge in [0.25, 0.3) is 5.91 Å². The Morgan fingerprint density at radius 3 is 2.47 bits per heavy atom. The summed E-state index contributed by atoms with van der Waals surface area (Å²) in [6.07, 6.45) is 0.798. The van der Waals surface area contributed by atoms with Gasteiger partial charge in [-0.15, -0.1) is 0 Å². The largest absolute Gasteiger partial charge is 0.481 e. The molecule has 3 aromatic rings. The average Bonchev–Trinajstić information content (AvgIpc) is 2.90. The second-order valence-electron chi connectivity index (χ2n) is 10.1. The van der Waals surface area contributed by atoms with Crippen molar-refractivity contribution in [1.82, 2.24) is 10.2 Å². The van der Waals surface area contributed by atoms with E-state index in [4.69, 9.17) is 4.74 Å². The summed E-state index contributed by atoms with van der Waals surface area (Å²) in [4.78, 5) is 27.9. The summed E-state index contributed by atoms with van der Waals surface area (Å²) in [5, 5.41) is 2.85. The number of fused-ring (bicyclic) bond motifs is 1. The third-order valence-corrected chi connectivity index (χ3v) is 6.73. The Kier molecular flexibility index (Phi) is 8.77. The van der Waals surface area contributed by atoms with Gasteiger partial charge >= 0.3 is 0 Å². The van der Waals surface area contributed by atoms with Crippen molar-refractivity contribution in [3.05, 3.63) is 101 Å². The molecule has 0 bridgehead atoms. The molecule has 0 aromatic heterocycles. The number of carbonyl (C=O) groups excluding carboxylic acids is 2. The van der Waals surface area contributed by atoms with Gasteiger partial charge in [0.1, 0.15) is 17.4 Å². The van der Waals surface area contributed by atoms with E-state index in [0.717, 1.165) is 16.7 Å². The molecule has 2 atom stereocenters. The van der Waals surface area contributed by atoms with Crippen LogP contribution in [0, 0.1) is 17.6 Å². The Balaban J connectivity index is 1.58. The summed E-state index contributed by atoms with van der Waals surface area (Å²) < 4.78 is 33.5. The summed E-state index contributed by atoms with van der Waals surface area (Å²) in [7, 11) is 0. The second-order valence-corrected chi connectivity index (χ2v) is 10.1. The van der Waals surface area contributed by atoms with Crippen molar-refractivity contribution in [2.45, 2.75) is 58.7 Å². The summed E-state index contributed by atoms with van der Waals surface area (Å²) in [6, 6.07) is 17.5. The predicted octanol–water partition coefficient (Wildman–Crippen LogP) is 5.96. The minimum atomic E-state index is -0.733. The molecule has 1 N–H and O–H groups in total. The first-order valence-electron chi connectivity index (χ1n) is 13.1. The molecule has 0 saturated carbocycles. The zero-order valence-corrected chi connectivity index (χ0v) is 22.0. The highest BCUT2D eigenvalue weighted by Crippen LogP contribution is 2.38. The van der Waals surface area contributed by atoms with E-state index < -0.39 is 12.1 Å². The summed E-state index contributed by atoms with van der Waals surface area (Å²) in [5.74, 6) is -0.231. The topological polar surface area (TPSA) is 58.6 Å². The maximum atomic E-state index is 14.2. The normalized spacial score (nSPS) is 15.6. The number of ether oxygens (including phenoxy) is 1. The molecule has 200 valence electrons. The SMILES string of the molecule is CC[C@H](Oc1ccc2c(c1)[C@@H](c1cccc(F)c1)N(C(=O)CC(C)C)CC2)C(=O)NCc1ccc(F)cc1. The van der Waals surface area contributed by atoms with Crippen LogP contribution < -0.4 is 10.1 Å². The molecule has 1 aliphatic rings. The van der Waals surface area contributed by atoms with Crippen molar-refractivity contribution in [2.24, 2.45) is 5.92 Å². The van der Waals surface area contributed by atoms with Gasteiger partial charge in [0.15, 0.2) is 6.10 Å². The summed E-state index contributed by atoms with van der Waals surface area (Å²) >= 11 is 0. The fraction of sp³-hybridized carbons (Fsp3) is 0.355. The number of halogens is 2. The quantitative estimate of drug-likeness (QED) is 0.379. The lowest BCUT2D eigenvalue weighted by molar-refractivity contribution is -0.134. The molecule has 0 saturated heterocycles. The first-order chi connectivity index (χ1) is 18.2. The molecular formula is C31H34F2N2O3. The van der Waals surface area contributed by atoms with E-state index in [2.05, 4.69) is 5.32 Å². The number of nitrogens with one attached hydrogen (secondary N) is 1. The Morgan fingerprint density at radius 1 is 1.03 bits per heavy atom. The van der Waals surface area contributed by atoms with E-state index in [1.54, 1.807) is 18.2 Å². The summed E-state index contributed by atoms with van der Waals surface area (Å²) in [5.41, 5.74) is 3.42. The van der Waals surface area contributed by atoms with Crippen LogP contribution in [0.3, 0.4) is 0 Å². The van der Waals surface area contributed by atoms with Gasteiger partial charge in [-0.05, 0) is 77.4 Å². The van der Waals surface area contributed by atoms with Gasteiger partial charge in [-0.3, -0.25) is 9.59 Å². The van der Waals surface area contributed by atoms with Crippen LogP contribution in [0.1, 0.15) is 61.9 Å².